The van der Waals surface area contributed by atoms with Crippen molar-refractivity contribution < 1.29 is 14.3 Å². The number of piperazine rings is 1. The summed E-state index contributed by atoms with van der Waals surface area (Å²) in [6, 6.07) is 7.69. The van der Waals surface area contributed by atoms with Gasteiger partial charge in [0, 0.05) is 36.4 Å². The molecule has 1 aromatic rings. The predicted molar refractivity (Wildman–Crippen MR) is 120 cm³/mol. The molecule has 2 amide bonds. The molecule has 2 aliphatic rings. The Kier molecular flexibility index (Phi) is 6.56. The smallest absolute Gasteiger partial charge is 0.407 e. The van der Waals surface area contributed by atoms with Gasteiger partial charge in [-0.15, -0.1) is 0 Å². The Morgan fingerprint density at radius 3 is 2.40 bits per heavy atom. The Labute approximate surface area is 184 Å². The summed E-state index contributed by atoms with van der Waals surface area (Å²) in [5.74, 6) is -0.0483. The number of hydrogen-bond donors (Lipinski definition) is 1. The number of alkyl carbamates (subject to hydrolysis) is 1. The number of nitrogens with one attached hydrogen (secondary N) is 1. The molecule has 1 aliphatic heterocycles. The minimum absolute atomic E-state index is 0.136. The number of ether oxygens (including phenoxy) is 1. The quantitative estimate of drug-likeness (QED) is 0.761. The first-order valence-electron chi connectivity index (χ1n) is 10.8. The van der Waals surface area contributed by atoms with Gasteiger partial charge in [-0.1, -0.05) is 18.0 Å². The lowest BCUT2D eigenvalue weighted by Crippen LogP contribution is -2.62. The molecule has 0 spiro atoms. The van der Waals surface area contributed by atoms with Crippen molar-refractivity contribution in [2.45, 2.75) is 71.1 Å². The largest absolute Gasteiger partial charge is 0.444 e. The van der Waals surface area contributed by atoms with Crippen LogP contribution in [0.3, 0.4) is 0 Å². The van der Waals surface area contributed by atoms with Crippen molar-refractivity contribution in [1.82, 2.24) is 10.2 Å². The van der Waals surface area contributed by atoms with Gasteiger partial charge < -0.3 is 19.9 Å². The summed E-state index contributed by atoms with van der Waals surface area (Å²) in [5, 5.41) is 3.65. The van der Waals surface area contributed by atoms with Gasteiger partial charge in [-0.25, -0.2) is 4.79 Å². The maximum atomic E-state index is 13.4. The highest BCUT2D eigenvalue weighted by Gasteiger charge is 2.41. The molecule has 1 aliphatic carbocycles. The summed E-state index contributed by atoms with van der Waals surface area (Å²) in [5.41, 5.74) is 0.361. The highest BCUT2D eigenvalue weighted by Crippen LogP contribution is 2.32. The van der Waals surface area contributed by atoms with E-state index >= 15 is 0 Å². The van der Waals surface area contributed by atoms with Crippen LogP contribution in [0.1, 0.15) is 53.9 Å². The first kappa shape index (κ1) is 22.7. The SMILES string of the molecule is CC(C)(C)OC(=O)N[C@H]1CCC[C@@H]1C(=O)N1CCN(c2ccc(Cl)cc2)C(C)(C)C1. The van der Waals surface area contributed by atoms with Gasteiger partial charge in [-0.05, 0) is 71.7 Å². The third-order valence-electron chi connectivity index (χ3n) is 5.89. The Morgan fingerprint density at radius 2 is 1.80 bits per heavy atom. The van der Waals surface area contributed by atoms with E-state index in [4.69, 9.17) is 16.3 Å². The molecule has 30 heavy (non-hydrogen) atoms. The van der Waals surface area contributed by atoms with Gasteiger partial charge in [-0.2, -0.15) is 0 Å². The van der Waals surface area contributed by atoms with Crippen LogP contribution in [0.25, 0.3) is 0 Å². The molecule has 0 unspecified atom stereocenters. The van der Waals surface area contributed by atoms with E-state index in [0.717, 1.165) is 36.5 Å². The number of anilines is 1. The maximum absolute atomic E-state index is 13.4. The number of amides is 2. The minimum Gasteiger partial charge on any atom is -0.444 e. The molecular formula is C23H34ClN3O3. The van der Waals surface area contributed by atoms with Crippen LogP contribution in [0.2, 0.25) is 5.02 Å². The number of carbonyl (C=O) groups is 2. The van der Waals surface area contributed by atoms with Gasteiger partial charge in [0.15, 0.2) is 0 Å². The van der Waals surface area contributed by atoms with Crippen LogP contribution < -0.4 is 10.2 Å². The lowest BCUT2D eigenvalue weighted by atomic mass is 9.95. The zero-order chi connectivity index (χ0) is 22.1. The van der Waals surface area contributed by atoms with Crippen molar-refractivity contribution in [2.75, 3.05) is 24.5 Å². The molecule has 1 heterocycles. The summed E-state index contributed by atoms with van der Waals surface area (Å²) in [6.45, 7) is 11.9. The fraction of sp³-hybridized carbons (Fsp3) is 0.652. The highest BCUT2D eigenvalue weighted by molar-refractivity contribution is 6.30. The Balaban J connectivity index is 1.64. The molecule has 7 heteroatoms. The van der Waals surface area contributed by atoms with Crippen molar-refractivity contribution in [3.8, 4) is 0 Å². The summed E-state index contributed by atoms with van der Waals surface area (Å²) in [4.78, 5) is 29.9. The van der Waals surface area contributed by atoms with Crippen molar-refractivity contribution in [2.24, 2.45) is 5.92 Å². The van der Waals surface area contributed by atoms with Crippen LogP contribution in [0, 0.1) is 5.92 Å². The van der Waals surface area contributed by atoms with Gasteiger partial charge in [0.1, 0.15) is 5.60 Å². The van der Waals surface area contributed by atoms with Crippen molar-refractivity contribution in [3.05, 3.63) is 29.3 Å². The standard InChI is InChI=1S/C23H34ClN3O3/c1-22(2,3)30-21(29)25-19-8-6-7-18(19)20(28)26-13-14-27(23(4,5)15-26)17-11-9-16(24)10-12-17/h9-12,18-19H,6-8,13-15H2,1-5H3,(H,25,29)/t18-,19-/m0/s1. The molecule has 0 aromatic heterocycles. The highest BCUT2D eigenvalue weighted by atomic mass is 35.5. The predicted octanol–water partition coefficient (Wildman–Crippen LogP) is 4.46. The van der Waals surface area contributed by atoms with Gasteiger partial charge in [0.25, 0.3) is 0 Å². The summed E-state index contributed by atoms with van der Waals surface area (Å²) in [6.07, 6.45) is 2.10. The first-order valence-corrected chi connectivity index (χ1v) is 11.2. The van der Waals surface area contributed by atoms with E-state index in [1.54, 1.807) is 0 Å². The number of nitrogens with zero attached hydrogens (tertiary/aromatic N) is 2. The molecule has 1 saturated carbocycles. The van der Waals surface area contributed by atoms with Gasteiger partial charge in [-0.3, -0.25) is 4.79 Å². The van der Waals surface area contributed by atoms with Crippen LogP contribution in [0.15, 0.2) is 24.3 Å². The van der Waals surface area contributed by atoms with E-state index in [-0.39, 0.29) is 23.4 Å². The molecule has 2 atom stereocenters. The molecule has 166 valence electrons. The van der Waals surface area contributed by atoms with E-state index < -0.39 is 11.7 Å². The monoisotopic (exact) mass is 435 g/mol. The van der Waals surface area contributed by atoms with Crippen molar-refractivity contribution >= 4 is 29.3 Å². The minimum atomic E-state index is -0.551. The zero-order valence-electron chi connectivity index (χ0n) is 18.7. The number of benzene rings is 1. The van der Waals surface area contributed by atoms with Crippen molar-refractivity contribution in [3.63, 3.8) is 0 Å². The van der Waals surface area contributed by atoms with Crippen molar-refractivity contribution in [1.29, 1.82) is 0 Å². The molecule has 1 saturated heterocycles. The van der Waals surface area contributed by atoms with Crippen LogP contribution in [0.4, 0.5) is 10.5 Å². The third-order valence-corrected chi connectivity index (χ3v) is 6.14. The van der Waals surface area contributed by atoms with Crippen LogP contribution >= 0.6 is 11.6 Å². The molecule has 1 aromatic carbocycles. The molecule has 0 bridgehead atoms. The second-order valence-corrected chi connectivity index (χ2v) is 10.4. The molecule has 1 N–H and O–H groups in total. The lowest BCUT2D eigenvalue weighted by molar-refractivity contribution is -0.137. The fourth-order valence-corrected chi connectivity index (χ4v) is 4.69. The molecule has 3 rings (SSSR count). The van der Waals surface area contributed by atoms with E-state index in [0.29, 0.717) is 13.1 Å². The first-order chi connectivity index (χ1) is 14.0. The topological polar surface area (TPSA) is 61.9 Å². The molecule has 0 radical (unpaired) electrons. The maximum Gasteiger partial charge on any atom is 0.407 e. The van der Waals surface area contributed by atoms with Crippen LogP contribution in [0.5, 0.6) is 0 Å². The zero-order valence-corrected chi connectivity index (χ0v) is 19.5. The van der Waals surface area contributed by atoms with Gasteiger partial charge in [0.2, 0.25) is 5.91 Å². The summed E-state index contributed by atoms with van der Waals surface area (Å²) < 4.78 is 5.39. The third kappa shape index (κ3) is 5.39. The average Bonchev–Trinajstić information content (AvgIpc) is 3.07. The van der Waals surface area contributed by atoms with Crippen LogP contribution in [-0.4, -0.2) is 53.7 Å². The normalized spacial score (nSPS) is 23.9. The van der Waals surface area contributed by atoms with E-state index in [1.165, 1.54) is 0 Å². The Hall–Kier alpha value is -1.95. The molecule has 2 fully saturated rings. The fourth-order valence-electron chi connectivity index (χ4n) is 4.56. The second kappa shape index (κ2) is 8.66. The van der Waals surface area contributed by atoms with Gasteiger partial charge >= 0.3 is 6.09 Å². The second-order valence-electron chi connectivity index (χ2n) is 9.99. The molecular weight excluding hydrogens is 402 g/mol. The van der Waals surface area contributed by atoms with Crippen LogP contribution in [-0.2, 0) is 9.53 Å². The number of halogens is 1. The number of carbonyl (C=O) groups excluding carboxylic acids is 2. The Bertz CT molecular complexity index is 773. The van der Waals surface area contributed by atoms with E-state index in [1.807, 2.05) is 49.9 Å². The number of rotatable bonds is 3. The van der Waals surface area contributed by atoms with Gasteiger partial charge in [0.05, 0.1) is 11.5 Å². The molecule has 6 nitrogen and oxygen atoms in total. The Morgan fingerprint density at radius 1 is 1.13 bits per heavy atom. The average molecular weight is 436 g/mol. The lowest BCUT2D eigenvalue weighted by Gasteiger charge is -2.49. The van der Waals surface area contributed by atoms with E-state index in [9.17, 15) is 9.59 Å². The summed E-state index contributed by atoms with van der Waals surface area (Å²) >= 11 is 6.03. The number of hydrogen-bond acceptors (Lipinski definition) is 4. The van der Waals surface area contributed by atoms with E-state index in [2.05, 4.69) is 24.1 Å². The summed E-state index contributed by atoms with van der Waals surface area (Å²) in [7, 11) is 0.